The minimum Gasteiger partial charge on any atom is -0.445 e. The van der Waals surface area contributed by atoms with Crippen molar-refractivity contribution < 1.29 is 33.7 Å². The van der Waals surface area contributed by atoms with E-state index in [0.717, 1.165) is 38.9 Å². The van der Waals surface area contributed by atoms with Crippen molar-refractivity contribution in [2.45, 2.75) is 62.3 Å². The predicted molar refractivity (Wildman–Crippen MR) is 194 cm³/mol. The van der Waals surface area contributed by atoms with Gasteiger partial charge in [-0.1, -0.05) is 115 Å². The number of hydrogen-bond donors (Lipinski definition) is 2. The molecule has 2 aliphatic rings. The molecule has 0 radical (unpaired) electrons. The van der Waals surface area contributed by atoms with Crippen molar-refractivity contribution in [3.8, 4) is 11.1 Å². The standard InChI is InChI=1S/C39H38N6O7S/c1-44-38(41-42-43-44)53-24-31-19-34(28-13-11-25(22-46)12-14-28)52-37(51-31)29-17-15-27(16-18-29)32-10-6-5-9-30(32)21-45-35(47)20-33(36(45)48)40-39(49)50-23-26-7-3-2-4-8-26/h2-18,31,33-34,37,46H,19-24H2,1H3,(H,40,49)/t31-,33?,34+,37+/m1/s1. The first-order valence-electron chi connectivity index (χ1n) is 17.2. The van der Waals surface area contributed by atoms with Crippen LogP contribution in [-0.2, 0) is 50.6 Å². The van der Waals surface area contributed by atoms with Gasteiger partial charge in [0.05, 0.1) is 31.8 Å². The zero-order valence-corrected chi connectivity index (χ0v) is 29.7. The number of aliphatic hydroxyl groups excluding tert-OH is 1. The molecule has 272 valence electrons. The molecule has 14 heteroatoms. The number of nitrogens with one attached hydrogen (secondary N) is 1. The second kappa shape index (κ2) is 16.5. The smallest absolute Gasteiger partial charge is 0.408 e. The second-order valence-electron chi connectivity index (χ2n) is 12.8. The van der Waals surface area contributed by atoms with Crippen LogP contribution in [0.3, 0.4) is 0 Å². The van der Waals surface area contributed by atoms with Crippen LogP contribution in [0.25, 0.3) is 11.1 Å². The van der Waals surface area contributed by atoms with E-state index in [1.807, 2.05) is 103 Å². The van der Waals surface area contributed by atoms with E-state index < -0.39 is 24.3 Å². The van der Waals surface area contributed by atoms with Gasteiger partial charge in [-0.05, 0) is 43.8 Å². The zero-order chi connectivity index (χ0) is 36.7. The molecule has 0 saturated carbocycles. The number of likely N-dealkylation sites (tertiary alicyclic amines) is 1. The summed E-state index contributed by atoms with van der Waals surface area (Å²) in [5.41, 5.74) is 5.98. The number of tetrazole rings is 1. The van der Waals surface area contributed by atoms with Crippen molar-refractivity contribution in [2.75, 3.05) is 5.75 Å². The molecule has 2 saturated heterocycles. The van der Waals surface area contributed by atoms with Crippen LogP contribution in [0.1, 0.15) is 53.1 Å². The quantitative estimate of drug-likeness (QED) is 0.127. The van der Waals surface area contributed by atoms with E-state index in [-0.39, 0.29) is 44.3 Å². The maximum atomic E-state index is 13.3. The Balaban J connectivity index is 1.03. The van der Waals surface area contributed by atoms with E-state index in [9.17, 15) is 19.5 Å². The lowest BCUT2D eigenvalue weighted by Crippen LogP contribution is -2.41. The van der Waals surface area contributed by atoms with E-state index in [0.29, 0.717) is 17.3 Å². The number of benzene rings is 4. The molecule has 5 aromatic rings. The molecule has 1 aromatic heterocycles. The molecule has 0 spiro atoms. The highest BCUT2D eigenvalue weighted by molar-refractivity contribution is 7.99. The summed E-state index contributed by atoms with van der Waals surface area (Å²) in [6, 6.07) is 31.4. The first-order valence-corrected chi connectivity index (χ1v) is 18.2. The largest absolute Gasteiger partial charge is 0.445 e. The third-order valence-corrected chi connectivity index (χ3v) is 10.3. The monoisotopic (exact) mass is 734 g/mol. The number of nitrogens with zero attached hydrogens (tertiary/aromatic N) is 5. The van der Waals surface area contributed by atoms with Crippen LogP contribution in [0.5, 0.6) is 0 Å². The van der Waals surface area contributed by atoms with E-state index in [1.165, 1.54) is 16.7 Å². The molecule has 1 unspecified atom stereocenters. The third-order valence-electron chi connectivity index (χ3n) is 9.18. The van der Waals surface area contributed by atoms with Crippen LogP contribution < -0.4 is 5.32 Å². The SMILES string of the molecule is Cn1nnnc1SC[C@H]1C[C@@H](c2ccc(CO)cc2)O[C@@H](c2ccc(-c3ccccc3CN3C(=O)CC(NC(=O)OCc4ccccc4)C3=O)cc2)O1. The van der Waals surface area contributed by atoms with Gasteiger partial charge in [-0.3, -0.25) is 14.5 Å². The summed E-state index contributed by atoms with van der Waals surface area (Å²) < 4.78 is 19.9. The maximum Gasteiger partial charge on any atom is 0.408 e. The lowest BCUT2D eigenvalue weighted by molar-refractivity contribution is -0.245. The Bertz CT molecular complexity index is 2040. The van der Waals surface area contributed by atoms with Gasteiger partial charge >= 0.3 is 6.09 Å². The highest BCUT2D eigenvalue weighted by Crippen LogP contribution is 2.40. The Labute approximate surface area is 310 Å². The normalized spacial score (nSPS) is 20.1. The lowest BCUT2D eigenvalue weighted by Gasteiger charge is -2.36. The second-order valence-corrected chi connectivity index (χ2v) is 13.8. The molecular formula is C39H38N6O7S. The Kier molecular flexibility index (Phi) is 11.2. The molecule has 0 bridgehead atoms. The topological polar surface area (TPSA) is 158 Å². The van der Waals surface area contributed by atoms with Crippen LogP contribution >= 0.6 is 11.8 Å². The number of ether oxygens (including phenoxy) is 3. The molecule has 53 heavy (non-hydrogen) atoms. The number of aryl methyl sites for hydroxylation is 1. The van der Waals surface area contributed by atoms with Gasteiger partial charge < -0.3 is 24.6 Å². The number of aromatic nitrogens is 4. The summed E-state index contributed by atoms with van der Waals surface area (Å²) >= 11 is 1.51. The molecule has 3 amide bonds. The minimum atomic E-state index is -0.997. The minimum absolute atomic E-state index is 0.0353. The molecule has 13 nitrogen and oxygen atoms in total. The van der Waals surface area contributed by atoms with Crippen LogP contribution in [0.2, 0.25) is 0 Å². The van der Waals surface area contributed by atoms with Gasteiger partial charge in [-0.25, -0.2) is 9.48 Å². The Morgan fingerprint density at radius 1 is 0.925 bits per heavy atom. The van der Waals surface area contributed by atoms with E-state index in [4.69, 9.17) is 14.2 Å². The van der Waals surface area contributed by atoms with Gasteiger partial charge in [0, 0.05) is 24.8 Å². The number of alkyl carbamates (subject to hydrolysis) is 1. The molecule has 4 aromatic carbocycles. The van der Waals surface area contributed by atoms with Crippen molar-refractivity contribution >= 4 is 29.7 Å². The van der Waals surface area contributed by atoms with Crippen LogP contribution in [0.4, 0.5) is 4.79 Å². The van der Waals surface area contributed by atoms with Crippen molar-refractivity contribution in [1.82, 2.24) is 30.4 Å². The van der Waals surface area contributed by atoms with Crippen LogP contribution in [-0.4, -0.2) is 66.0 Å². The number of carbonyl (C=O) groups is 3. The summed E-state index contributed by atoms with van der Waals surface area (Å²) in [6.07, 6.45) is -1.34. The number of imide groups is 1. The maximum absolute atomic E-state index is 13.3. The summed E-state index contributed by atoms with van der Waals surface area (Å²) in [7, 11) is 1.79. The van der Waals surface area contributed by atoms with Gasteiger partial charge in [-0.2, -0.15) is 0 Å². The Hall–Kier alpha value is -5.41. The van der Waals surface area contributed by atoms with Crippen molar-refractivity contribution in [2.24, 2.45) is 7.05 Å². The van der Waals surface area contributed by atoms with Gasteiger partial charge in [-0.15, -0.1) is 5.10 Å². The summed E-state index contributed by atoms with van der Waals surface area (Å²) in [5, 5.41) is 24.5. The summed E-state index contributed by atoms with van der Waals surface area (Å²) in [6.45, 7) is 0.0722. The number of amides is 3. The number of hydrogen-bond acceptors (Lipinski definition) is 11. The number of thioether (sulfide) groups is 1. The third kappa shape index (κ3) is 8.63. The molecular weight excluding hydrogens is 697 g/mol. The fraction of sp³-hybridized carbons (Fsp3) is 0.282. The number of carbonyl (C=O) groups excluding carboxylic acids is 3. The summed E-state index contributed by atoms with van der Waals surface area (Å²) in [5.74, 6) is -0.236. The molecule has 3 heterocycles. The van der Waals surface area contributed by atoms with Crippen molar-refractivity contribution in [1.29, 1.82) is 0 Å². The fourth-order valence-electron chi connectivity index (χ4n) is 6.33. The molecule has 2 N–H and O–H groups in total. The molecule has 0 aliphatic carbocycles. The average Bonchev–Trinajstić information content (AvgIpc) is 3.73. The Morgan fingerprint density at radius 2 is 1.66 bits per heavy atom. The predicted octanol–water partition coefficient (Wildman–Crippen LogP) is 5.26. The van der Waals surface area contributed by atoms with E-state index in [1.54, 1.807) is 11.7 Å². The van der Waals surface area contributed by atoms with Gasteiger partial charge in [0.25, 0.3) is 5.91 Å². The molecule has 2 fully saturated rings. The van der Waals surface area contributed by atoms with Crippen LogP contribution in [0, 0.1) is 0 Å². The first-order chi connectivity index (χ1) is 25.8. The highest BCUT2D eigenvalue weighted by atomic mass is 32.2. The number of rotatable bonds is 12. The zero-order valence-electron chi connectivity index (χ0n) is 28.9. The average molecular weight is 735 g/mol. The molecule has 7 rings (SSSR count). The van der Waals surface area contributed by atoms with Crippen molar-refractivity contribution in [3.63, 3.8) is 0 Å². The highest BCUT2D eigenvalue weighted by Gasteiger charge is 2.40. The van der Waals surface area contributed by atoms with Crippen molar-refractivity contribution in [3.05, 3.63) is 131 Å². The molecule has 4 atom stereocenters. The number of aliphatic hydroxyl groups is 1. The van der Waals surface area contributed by atoms with Crippen LogP contribution in [0.15, 0.2) is 108 Å². The van der Waals surface area contributed by atoms with Gasteiger partial charge in [0.1, 0.15) is 12.6 Å². The van der Waals surface area contributed by atoms with E-state index in [2.05, 4.69) is 20.8 Å². The van der Waals surface area contributed by atoms with E-state index >= 15 is 0 Å². The van der Waals surface area contributed by atoms with Gasteiger partial charge in [0.2, 0.25) is 11.1 Å². The lowest BCUT2D eigenvalue weighted by atomic mass is 9.97. The Morgan fingerprint density at radius 3 is 2.40 bits per heavy atom. The van der Waals surface area contributed by atoms with Gasteiger partial charge in [0.15, 0.2) is 6.29 Å². The summed E-state index contributed by atoms with van der Waals surface area (Å²) in [4.78, 5) is 39.9. The first kappa shape index (κ1) is 36.0. The fourth-order valence-corrected chi connectivity index (χ4v) is 7.20. The molecule has 2 aliphatic heterocycles.